The Bertz CT molecular complexity index is 518. The van der Waals surface area contributed by atoms with Gasteiger partial charge in [-0.25, -0.2) is 0 Å². The molecule has 1 unspecified atom stereocenters. The molecule has 1 amide bonds. The third-order valence-corrected chi connectivity index (χ3v) is 5.44. The lowest BCUT2D eigenvalue weighted by Gasteiger charge is -2.39. The Morgan fingerprint density at radius 3 is 2.68 bits per heavy atom. The maximum atomic E-state index is 10.9. The second kappa shape index (κ2) is 4.52. The van der Waals surface area contributed by atoms with Crippen molar-refractivity contribution in [1.82, 2.24) is 4.90 Å². The Labute approximate surface area is 119 Å². The van der Waals surface area contributed by atoms with Crippen LogP contribution in [-0.2, 0) is 10.2 Å². The molecule has 19 heavy (non-hydrogen) atoms. The molecule has 0 saturated carbocycles. The predicted octanol–water partition coefficient (Wildman–Crippen LogP) is 3.65. The van der Waals surface area contributed by atoms with E-state index in [9.17, 15) is 4.79 Å². The van der Waals surface area contributed by atoms with Crippen molar-refractivity contribution in [1.29, 1.82) is 0 Å². The molecular formula is C16H20ClNO. The molecule has 1 aromatic carbocycles. The van der Waals surface area contributed by atoms with Gasteiger partial charge in [-0.05, 0) is 60.3 Å². The van der Waals surface area contributed by atoms with Crippen molar-refractivity contribution in [3.8, 4) is 0 Å². The fourth-order valence-corrected chi connectivity index (χ4v) is 4.07. The fourth-order valence-electron chi connectivity index (χ4n) is 3.90. The first-order valence-electron chi connectivity index (χ1n) is 7.05. The van der Waals surface area contributed by atoms with Gasteiger partial charge in [0.15, 0.2) is 0 Å². The molecule has 1 heterocycles. The van der Waals surface area contributed by atoms with E-state index in [0.717, 1.165) is 37.4 Å². The zero-order chi connectivity index (χ0) is 13.6. The van der Waals surface area contributed by atoms with Gasteiger partial charge in [0.05, 0.1) is 0 Å². The van der Waals surface area contributed by atoms with Crippen molar-refractivity contribution < 1.29 is 4.79 Å². The molecule has 1 aromatic rings. The van der Waals surface area contributed by atoms with E-state index in [4.69, 9.17) is 11.6 Å². The molecule has 0 N–H and O–H groups in total. The van der Waals surface area contributed by atoms with Gasteiger partial charge in [-0.2, -0.15) is 0 Å². The summed E-state index contributed by atoms with van der Waals surface area (Å²) in [6.45, 7) is 6.15. The summed E-state index contributed by atoms with van der Waals surface area (Å²) in [5.74, 6) is 0.580. The quantitative estimate of drug-likeness (QED) is 0.718. The van der Waals surface area contributed by atoms with Gasteiger partial charge in [-0.1, -0.05) is 24.6 Å². The zero-order valence-corrected chi connectivity index (χ0v) is 12.3. The van der Waals surface area contributed by atoms with Crippen molar-refractivity contribution >= 4 is 18.0 Å². The Morgan fingerprint density at radius 1 is 1.37 bits per heavy atom. The summed E-state index contributed by atoms with van der Waals surface area (Å²) < 4.78 is 0. The molecule has 1 aliphatic carbocycles. The second-order valence-electron chi connectivity index (χ2n) is 6.22. The monoisotopic (exact) mass is 277 g/mol. The number of nitrogens with zero attached hydrogens (tertiary/aromatic N) is 1. The Hall–Kier alpha value is -1.02. The van der Waals surface area contributed by atoms with Crippen molar-refractivity contribution in [2.24, 2.45) is 0 Å². The number of carbonyl (C=O) groups excluding carboxylic acids is 1. The van der Waals surface area contributed by atoms with Crippen molar-refractivity contribution in [3.05, 3.63) is 33.8 Å². The first-order valence-corrected chi connectivity index (χ1v) is 7.43. The number of fused-ring (bicyclic) bond motifs is 2. The minimum absolute atomic E-state index is 0.281. The van der Waals surface area contributed by atoms with Gasteiger partial charge in [0.25, 0.3) is 0 Å². The first kappa shape index (κ1) is 13.0. The highest BCUT2D eigenvalue weighted by Gasteiger charge is 2.44. The van der Waals surface area contributed by atoms with Crippen molar-refractivity contribution in [2.45, 2.75) is 44.4 Å². The van der Waals surface area contributed by atoms with Gasteiger partial charge in [0, 0.05) is 18.1 Å². The SMILES string of the molecule is Cc1cc2c(cc1Cl)C(C)CC21CCN(C=O)CC1. The van der Waals surface area contributed by atoms with Crippen LogP contribution >= 0.6 is 11.6 Å². The van der Waals surface area contributed by atoms with Gasteiger partial charge in [-0.3, -0.25) is 4.79 Å². The normalized spacial score (nSPS) is 24.6. The van der Waals surface area contributed by atoms with Crippen LogP contribution in [0.15, 0.2) is 12.1 Å². The highest BCUT2D eigenvalue weighted by Crippen LogP contribution is 2.52. The standard InChI is InChI=1S/C16H20ClNO/c1-11-7-14-13(8-15(11)17)12(2)9-16(14)3-5-18(10-19)6-4-16/h7-8,10,12H,3-6,9H2,1-2H3. The molecule has 1 spiro atoms. The fraction of sp³-hybridized carbons (Fsp3) is 0.562. The molecule has 0 radical (unpaired) electrons. The van der Waals surface area contributed by atoms with Crippen molar-refractivity contribution in [3.63, 3.8) is 0 Å². The highest BCUT2D eigenvalue weighted by atomic mass is 35.5. The number of hydrogen-bond donors (Lipinski definition) is 0. The lowest BCUT2D eigenvalue weighted by Crippen LogP contribution is -2.40. The number of hydrogen-bond acceptors (Lipinski definition) is 1. The largest absolute Gasteiger partial charge is 0.345 e. The summed E-state index contributed by atoms with van der Waals surface area (Å²) in [6, 6.07) is 4.45. The average Bonchev–Trinajstić information content (AvgIpc) is 2.65. The molecule has 1 aliphatic heterocycles. The summed E-state index contributed by atoms with van der Waals surface area (Å²) in [4.78, 5) is 12.8. The maximum absolute atomic E-state index is 10.9. The molecule has 1 saturated heterocycles. The number of rotatable bonds is 1. The number of aryl methyl sites for hydroxylation is 1. The summed E-state index contributed by atoms with van der Waals surface area (Å²) in [5.41, 5.74) is 4.37. The second-order valence-corrected chi connectivity index (χ2v) is 6.62. The number of amides is 1. The first-order chi connectivity index (χ1) is 9.05. The number of benzene rings is 1. The van der Waals surface area contributed by atoms with Gasteiger partial charge >= 0.3 is 0 Å². The molecule has 1 atom stereocenters. The highest BCUT2D eigenvalue weighted by molar-refractivity contribution is 6.31. The van der Waals surface area contributed by atoms with E-state index in [1.54, 1.807) is 0 Å². The smallest absolute Gasteiger partial charge is 0.209 e. The van der Waals surface area contributed by atoms with Crippen LogP contribution in [-0.4, -0.2) is 24.4 Å². The number of piperidine rings is 1. The molecule has 0 aromatic heterocycles. The van der Waals surface area contributed by atoms with E-state index < -0.39 is 0 Å². The third kappa shape index (κ3) is 1.97. The molecule has 3 rings (SSSR count). The topological polar surface area (TPSA) is 20.3 Å². The molecule has 3 heteroatoms. The number of likely N-dealkylation sites (tertiary alicyclic amines) is 1. The minimum Gasteiger partial charge on any atom is -0.345 e. The van der Waals surface area contributed by atoms with Crippen LogP contribution in [0.4, 0.5) is 0 Å². The van der Waals surface area contributed by atoms with E-state index in [1.807, 2.05) is 4.90 Å². The van der Waals surface area contributed by atoms with Gasteiger partial charge < -0.3 is 4.90 Å². The van der Waals surface area contributed by atoms with Gasteiger partial charge in [-0.15, -0.1) is 0 Å². The summed E-state index contributed by atoms with van der Waals surface area (Å²) >= 11 is 6.28. The minimum atomic E-state index is 0.281. The van der Waals surface area contributed by atoms with Crippen LogP contribution in [0, 0.1) is 6.92 Å². The zero-order valence-electron chi connectivity index (χ0n) is 11.6. The molecule has 1 fully saturated rings. The van der Waals surface area contributed by atoms with E-state index in [1.165, 1.54) is 23.1 Å². The summed E-state index contributed by atoms with van der Waals surface area (Å²) in [5, 5.41) is 0.882. The number of carbonyl (C=O) groups is 1. The molecule has 2 aliphatic rings. The van der Waals surface area contributed by atoms with Crippen LogP contribution in [0.1, 0.15) is 48.8 Å². The van der Waals surface area contributed by atoms with E-state index in [0.29, 0.717) is 5.92 Å². The van der Waals surface area contributed by atoms with Gasteiger partial charge in [0.1, 0.15) is 0 Å². The summed E-state index contributed by atoms with van der Waals surface area (Å²) in [7, 11) is 0. The lowest BCUT2D eigenvalue weighted by molar-refractivity contribution is -0.119. The Balaban J connectivity index is 2.00. The van der Waals surface area contributed by atoms with Crippen LogP contribution < -0.4 is 0 Å². The Morgan fingerprint density at radius 2 is 2.05 bits per heavy atom. The van der Waals surface area contributed by atoms with Crippen LogP contribution in [0.5, 0.6) is 0 Å². The molecule has 102 valence electrons. The molecule has 2 nitrogen and oxygen atoms in total. The third-order valence-electron chi connectivity index (χ3n) is 5.03. The lowest BCUT2D eigenvalue weighted by atomic mass is 9.73. The molecule has 0 bridgehead atoms. The van der Waals surface area contributed by atoms with Crippen molar-refractivity contribution in [2.75, 3.05) is 13.1 Å². The van der Waals surface area contributed by atoms with Crippen LogP contribution in [0.25, 0.3) is 0 Å². The van der Waals surface area contributed by atoms with E-state index in [-0.39, 0.29) is 5.41 Å². The average molecular weight is 278 g/mol. The predicted molar refractivity (Wildman–Crippen MR) is 77.8 cm³/mol. The van der Waals surface area contributed by atoms with Crippen LogP contribution in [0.3, 0.4) is 0 Å². The molecular weight excluding hydrogens is 258 g/mol. The Kier molecular flexibility index (Phi) is 3.09. The van der Waals surface area contributed by atoms with Gasteiger partial charge in [0.2, 0.25) is 6.41 Å². The summed E-state index contributed by atoms with van der Waals surface area (Å²) in [6.07, 6.45) is 4.36. The maximum Gasteiger partial charge on any atom is 0.209 e. The van der Waals surface area contributed by atoms with Crippen LogP contribution in [0.2, 0.25) is 5.02 Å². The number of halogens is 1. The van der Waals surface area contributed by atoms with E-state index in [2.05, 4.69) is 26.0 Å². The van der Waals surface area contributed by atoms with E-state index >= 15 is 0 Å².